The quantitative estimate of drug-likeness (QED) is 0.715. The molecule has 24 heavy (non-hydrogen) atoms. The first kappa shape index (κ1) is 15.2. The van der Waals surface area contributed by atoms with E-state index in [4.69, 9.17) is 4.42 Å². The van der Waals surface area contributed by atoms with Crippen molar-refractivity contribution in [3.8, 4) is 0 Å². The van der Waals surface area contributed by atoms with Crippen LogP contribution in [0.25, 0.3) is 0 Å². The summed E-state index contributed by atoms with van der Waals surface area (Å²) in [6, 6.07) is 7.52. The predicted molar refractivity (Wildman–Crippen MR) is 91.8 cm³/mol. The smallest absolute Gasteiger partial charge is 0.264 e. The van der Waals surface area contributed by atoms with Crippen molar-refractivity contribution in [1.82, 2.24) is 14.7 Å². The van der Waals surface area contributed by atoms with Gasteiger partial charge in [0.25, 0.3) is 5.91 Å². The third kappa shape index (κ3) is 2.78. The van der Waals surface area contributed by atoms with Gasteiger partial charge in [0.1, 0.15) is 5.76 Å². The number of furan rings is 1. The predicted octanol–water partition coefficient (Wildman–Crippen LogP) is 3.41. The normalized spacial score (nSPS) is 13.2. The van der Waals surface area contributed by atoms with Crippen LogP contribution in [0.15, 0.2) is 40.3 Å². The molecule has 0 bridgehead atoms. The highest BCUT2D eigenvalue weighted by Crippen LogP contribution is 2.26. The van der Waals surface area contributed by atoms with Gasteiger partial charge in [-0.1, -0.05) is 6.07 Å². The Morgan fingerprint density at radius 3 is 3.00 bits per heavy atom. The summed E-state index contributed by atoms with van der Waals surface area (Å²) in [6.07, 6.45) is 4.95. The van der Waals surface area contributed by atoms with Crippen molar-refractivity contribution in [3.05, 3.63) is 63.5 Å². The Labute approximate surface area is 144 Å². The van der Waals surface area contributed by atoms with Crippen molar-refractivity contribution in [2.75, 3.05) is 0 Å². The Balaban J connectivity index is 1.63. The third-order valence-corrected chi connectivity index (χ3v) is 5.34. The molecule has 0 N–H and O–H groups in total. The number of carbonyl (C=O) groups excluding carboxylic acids is 1. The first-order valence-electron chi connectivity index (χ1n) is 8.11. The Kier molecular flexibility index (Phi) is 3.98. The molecular weight excluding hydrogens is 322 g/mol. The summed E-state index contributed by atoms with van der Waals surface area (Å²) in [5.74, 6) is 0.811. The number of rotatable bonds is 5. The van der Waals surface area contributed by atoms with Gasteiger partial charge in [-0.2, -0.15) is 5.10 Å². The van der Waals surface area contributed by atoms with Gasteiger partial charge in [-0.15, -0.1) is 11.3 Å². The summed E-state index contributed by atoms with van der Waals surface area (Å²) < 4.78 is 7.42. The zero-order valence-corrected chi connectivity index (χ0v) is 14.4. The van der Waals surface area contributed by atoms with Crippen LogP contribution < -0.4 is 0 Å². The summed E-state index contributed by atoms with van der Waals surface area (Å²) in [7, 11) is 1.99. The highest BCUT2D eigenvalue weighted by Gasteiger charge is 2.25. The van der Waals surface area contributed by atoms with Crippen molar-refractivity contribution >= 4 is 17.2 Å². The van der Waals surface area contributed by atoms with E-state index in [1.807, 2.05) is 46.3 Å². The second-order valence-electron chi connectivity index (χ2n) is 6.07. The van der Waals surface area contributed by atoms with E-state index in [0.29, 0.717) is 13.1 Å². The number of aryl methyl sites for hydroxylation is 1. The van der Waals surface area contributed by atoms with Crippen molar-refractivity contribution in [2.45, 2.75) is 32.4 Å². The van der Waals surface area contributed by atoms with Crippen LogP contribution in [0.1, 0.15) is 38.8 Å². The lowest BCUT2D eigenvalue weighted by atomic mass is 10.2. The molecule has 0 radical (unpaired) electrons. The van der Waals surface area contributed by atoms with Crippen LogP contribution >= 0.6 is 11.3 Å². The zero-order chi connectivity index (χ0) is 16.5. The number of amides is 1. The number of hydrogen-bond donors (Lipinski definition) is 0. The van der Waals surface area contributed by atoms with Gasteiger partial charge in [0.2, 0.25) is 0 Å². The fraction of sp³-hybridized carbons (Fsp3) is 0.333. The van der Waals surface area contributed by atoms with E-state index < -0.39 is 0 Å². The van der Waals surface area contributed by atoms with E-state index in [-0.39, 0.29) is 5.91 Å². The Bertz CT molecular complexity index is 834. The zero-order valence-electron chi connectivity index (χ0n) is 13.6. The standard InChI is InChI=1S/C18H19N3O2S/c1-20-16-7-2-6-14(16)15(19-20)12-21(11-13-5-3-9-23-13)18(22)17-8-4-10-24-17/h3-5,8-10H,2,6-7,11-12H2,1H3. The Morgan fingerprint density at radius 1 is 1.33 bits per heavy atom. The number of aromatic nitrogens is 2. The minimum atomic E-state index is 0.0267. The molecule has 1 aliphatic rings. The third-order valence-electron chi connectivity index (χ3n) is 4.48. The fourth-order valence-corrected chi connectivity index (χ4v) is 4.04. The average Bonchev–Trinajstić information content (AvgIpc) is 3.35. The second kappa shape index (κ2) is 6.28. The van der Waals surface area contributed by atoms with Gasteiger partial charge in [-0.05, 0) is 48.4 Å². The van der Waals surface area contributed by atoms with Crippen LogP contribution in [0.2, 0.25) is 0 Å². The second-order valence-corrected chi connectivity index (χ2v) is 7.01. The van der Waals surface area contributed by atoms with Crippen LogP contribution in [0.4, 0.5) is 0 Å². The maximum absolute atomic E-state index is 12.9. The highest BCUT2D eigenvalue weighted by atomic mass is 32.1. The van der Waals surface area contributed by atoms with Crippen LogP contribution in [0.3, 0.4) is 0 Å². The lowest BCUT2D eigenvalue weighted by Gasteiger charge is -2.20. The molecule has 6 heteroatoms. The lowest BCUT2D eigenvalue weighted by molar-refractivity contribution is 0.0719. The van der Waals surface area contributed by atoms with Crippen LogP contribution in [0.5, 0.6) is 0 Å². The molecule has 1 amide bonds. The number of nitrogens with zero attached hydrogens (tertiary/aromatic N) is 3. The number of hydrogen-bond acceptors (Lipinski definition) is 4. The molecule has 124 valence electrons. The molecule has 0 unspecified atom stereocenters. The minimum Gasteiger partial charge on any atom is -0.467 e. The van der Waals surface area contributed by atoms with Gasteiger partial charge in [0.05, 0.1) is 29.9 Å². The van der Waals surface area contributed by atoms with E-state index in [2.05, 4.69) is 5.10 Å². The molecule has 0 saturated carbocycles. The molecular formula is C18H19N3O2S. The maximum atomic E-state index is 12.9. The molecule has 0 aliphatic heterocycles. The Morgan fingerprint density at radius 2 is 2.25 bits per heavy atom. The molecule has 0 aromatic carbocycles. The number of thiophene rings is 1. The van der Waals surface area contributed by atoms with E-state index >= 15 is 0 Å². The number of carbonyl (C=O) groups is 1. The molecule has 0 saturated heterocycles. The maximum Gasteiger partial charge on any atom is 0.264 e. The largest absolute Gasteiger partial charge is 0.467 e. The van der Waals surface area contributed by atoms with Crippen LogP contribution in [-0.2, 0) is 33.0 Å². The van der Waals surface area contributed by atoms with Gasteiger partial charge in [-0.3, -0.25) is 9.48 Å². The van der Waals surface area contributed by atoms with Gasteiger partial charge < -0.3 is 9.32 Å². The van der Waals surface area contributed by atoms with E-state index in [1.165, 1.54) is 29.0 Å². The summed E-state index contributed by atoms with van der Waals surface area (Å²) in [6.45, 7) is 0.968. The molecule has 1 aliphatic carbocycles. The minimum absolute atomic E-state index is 0.0267. The topological polar surface area (TPSA) is 51.3 Å². The van der Waals surface area contributed by atoms with Gasteiger partial charge >= 0.3 is 0 Å². The lowest BCUT2D eigenvalue weighted by Crippen LogP contribution is -2.30. The summed E-state index contributed by atoms with van der Waals surface area (Å²) in [5.41, 5.74) is 3.65. The summed E-state index contributed by atoms with van der Waals surface area (Å²) in [5, 5.41) is 6.59. The van der Waals surface area contributed by atoms with E-state index in [1.54, 1.807) is 6.26 Å². The molecule has 3 aromatic rings. The van der Waals surface area contributed by atoms with Crippen LogP contribution in [-0.4, -0.2) is 20.6 Å². The van der Waals surface area contributed by atoms with Gasteiger partial charge in [-0.25, -0.2) is 0 Å². The average molecular weight is 341 g/mol. The van der Waals surface area contributed by atoms with Crippen molar-refractivity contribution in [1.29, 1.82) is 0 Å². The monoisotopic (exact) mass is 341 g/mol. The summed E-state index contributed by atoms with van der Waals surface area (Å²) in [4.78, 5) is 15.5. The first-order valence-corrected chi connectivity index (χ1v) is 8.99. The molecule has 4 rings (SSSR count). The molecule has 5 nitrogen and oxygen atoms in total. The SMILES string of the molecule is Cn1nc(CN(Cc2ccco2)C(=O)c2cccs2)c2c1CCC2. The van der Waals surface area contributed by atoms with Crippen molar-refractivity contribution < 1.29 is 9.21 Å². The van der Waals surface area contributed by atoms with Gasteiger partial charge in [0, 0.05) is 12.7 Å². The van der Waals surface area contributed by atoms with Gasteiger partial charge in [0.15, 0.2) is 0 Å². The molecule has 0 spiro atoms. The van der Waals surface area contributed by atoms with Crippen molar-refractivity contribution in [2.24, 2.45) is 7.05 Å². The molecule has 0 atom stereocenters. The fourth-order valence-electron chi connectivity index (χ4n) is 3.35. The number of fused-ring (bicyclic) bond motifs is 1. The molecule has 3 heterocycles. The van der Waals surface area contributed by atoms with E-state index in [0.717, 1.165) is 29.2 Å². The van der Waals surface area contributed by atoms with Crippen molar-refractivity contribution in [3.63, 3.8) is 0 Å². The highest BCUT2D eigenvalue weighted by molar-refractivity contribution is 7.12. The van der Waals surface area contributed by atoms with E-state index in [9.17, 15) is 4.79 Å². The molecule has 0 fully saturated rings. The Hall–Kier alpha value is -2.34. The van der Waals surface area contributed by atoms with Crippen LogP contribution in [0, 0.1) is 0 Å². The molecule has 3 aromatic heterocycles. The first-order chi connectivity index (χ1) is 11.7. The summed E-state index contributed by atoms with van der Waals surface area (Å²) >= 11 is 1.47.